The topological polar surface area (TPSA) is 176 Å². The first-order valence-corrected chi connectivity index (χ1v) is 28.1. The van der Waals surface area contributed by atoms with Gasteiger partial charge in [0.05, 0.1) is 0 Å². The third-order valence-corrected chi connectivity index (χ3v) is 14.6. The molecule has 59 heavy (non-hydrogen) atoms. The number of methoxy groups -OCH3 is 1. The molecule has 313 valence electrons. The molecule has 0 saturated carbocycles. The van der Waals surface area contributed by atoms with Crippen molar-refractivity contribution in [2.24, 2.45) is 0 Å². The summed E-state index contributed by atoms with van der Waals surface area (Å²) in [5, 5.41) is 35.7. The van der Waals surface area contributed by atoms with E-state index in [1.807, 2.05) is 73.5 Å². The zero-order valence-corrected chi connectivity index (χ0v) is 42.1. The van der Waals surface area contributed by atoms with E-state index < -0.39 is 23.9 Å². The van der Waals surface area contributed by atoms with Gasteiger partial charge in [0, 0.05) is 0 Å². The summed E-state index contributed by atoms with van der Waals surface area (Å²) in [4.78, 5) is 53.5. The number of aryl methyl sites for hydroxylation is 2. The molecule has 17 heteroatoms. The predicted molar refractivity (Wildman–Crippen MR) is 236 cm³/mol. The van der Waals surface area contributed by atoms with Crippen LogP contribution in [-0.4, -0.2) is 132 Å². The number of hydrogen-bond acceptors (Lipinski definition) is 6. The quantitative estimate of drug-likeness (QED) is 0.132. The van der Waals surface area contributed by atoms with Gasteiger partial charge in [0.25, 0.3) is 0 Å². The molecule has 5 rings (SSSR count). The predicted octanol–water partition coefficient (Wildman–Crippen LogP) is 5.46. The van der Waals surface area contributed by atoms with Gasteiger partial charge in [0.15, 0.2) is 0 Å². The van der Waals surface area contributed by atoms with Crippen LogP contribution in [0.25, 0.3) is 0 Å². The molecule has 5 aromatic carbocycles. The molecule has 0 aliphatic carbocycles. The Balaban J connectivity index is 0.000000370. The van der Waals surface area contributed by atoms with E-state index >= 15 is 0 Å². The summed E-state index contributed by atoms with van der Waals surface area (Å²) >= 11 is 8.77. The second kappa shape index (κ2) is 27.9. The Labute approximate surface area is 381 Å². The van der Waals surface area contributed by atoms with E-state index in [2.05, 4.69) is 16.0 Å². The van der Waals surface area contributed by atoms with Crippen molar-refractivity contribution in [2.45, 2.75) is 37.1 Å². The molecule has 0 atom stereocenters. The van der Waals surface area contributed by atoms with Crippen molar-refractivity contribution in [3.63, 3.8) is 0 Å². The fourth-order valence-electron chi connectivity index (χ4n) is 4.44. The Bertz CT molecular complexity index is 2090. The van der Waals surface area contributed by atoms with Crippen molar-refractivity contribution in [3.8, 4) is 5.75 Å². The Morgan fingerprint density at radius 3 is 1.39 bits per heavy atom. The molecule has 0 bridgehead atoms. The molecule has 0 aromatic heterocycles. The first kappa shape index (κ1) is 53.3. The number of carbonyl (C=O) groups excluding carboxylic acids is 1. The van der Waals surface area contributed by atoms with Crippen LogP contribution in [0, 0.1) is 19.7 Å². The van der Waals surface area contributed by atoms with Crippen LogP contribution in [-0.2, 0) is 0 Å². The molecular weight excluding hydrogens is 1110 g/mol. The van der Waals surface area contributed by atoms with E-state index in [0.717, 1.165) is 30.1 Å². The first-order chi connectivity index (χ1) is 27.8. The molecule has 0 amide bonds. The molecule has 1 radical (unpaired) electrons. The molecule has 0 saturated heterocycles. The van der Waals surface area contributed by atoms with E-state index in [-0.39, 0.29) is 75.9 Å². The van der Waals surface area contributed by atoms with E-state index in [0.29, 0.717) is 31.9 Å². The molecule has 5 aromatic rings. The van der Waals surface area contributed by atoms with Gasteiger partial charge in [0.1, 0.15) is 0 Å². The van der Waals surface area contributed by atoms with Crippen molar-refractivity contribution in [2.75, 3.05) is 7.11 Å². The van der Waals surface area contributed by atoms with Crippen LogP contribution in [0.2, 0.25) is 28.3 Å². The summed E-state index contributed by atoms with van der Waals surface area (Å²) in [5.74, 6) is 4.58. The van der Waals surface area contributed by atoms with Crippen LogP contribution in [0.3, 0.4) is 0 Å². The molecule has 0 heterocycles. The van der Waals surface area contributed by atoms with E-state index in [1.54, 1.807) is 49.6 Å². The summed E-state index contributed by atoms with van der Waals surface area (Å²) in [5.41, 5.74) is 4.31. The van der Waals surface area contributed by atoms with Crippen LogP contribution in [0.1, 0.15) is 62.9 Å². The van der Waals surface area contributed by atoms with Crippen LogP contribution in [0.15, 0.2) is 97.1 Å². The van der Waals surface area contributed by atoms with Gasteiger partial charge in [-0.3, -0.25) is 0 Å². The van der Waals surface area contributed by atoms with Gasteiger partial charge < -0.3 is 0 Å². The number of carboxylic acid groups (broad SMARTS) is 4. The number of benzene rings is 5. The SMILES string of the molecule is COc1ccc(C(=O)O)c([Se]C)c1.C[Se]c1cc(C)ccc1C(=O)O.C[Se]c1cc(Cl)ccc1C(=O)O.C[Se]c1cc(F)ccc1C(=O)O.Cc1ccccc1C(=O)[Se]. The summed E-state index contributed by atoms with van der Waals surface area (Å²) in [6.07, 6.45) is 0. The molecule has 0 fully saturated rings. The van der Waals surface area contributed by atoms with Gasteiger partial charge in [-0.1, -0.05) is 0 Å². The first-order valence-electron chi connectivity index (χ1n) is 16.6. The van der Waals surface area contributed by atoms with Crippen LogP contribution in [0.5, 0.6) is 5.75 Å². The minimum atomic E-state index is -0.992. The molecule has 0 spiro atoms. The van der Waals surface area contributed by atoms with Gasteiger partial charge in [0.2, 0.25) is 0 Å². The second-order valence-corrected chi connectivity index (χ2v) is 19.6. The summed E-state index contributed by atoms with van der Waals surface area (Å²) in [6, 6.07) is 26.6. The van der Waals surface area contributed by atoms with E-state index in [4.69, 9.17) is 36.8 Å². The number of carboxylic acids is 4. The average molecular weight is 1160 g/mol. The Morgan fingerprint density at radius 2 is 0.966 bits per heavy atom. The number of ether oxygens (including phenoxy) is 1. The van der Waals surface area contributed by atoms with Gasteiger partial charge in [-0.15, -0.1) is 0 Å². The van der Waals surface area contributed by atoms with Crippen LogP contribution >= 0.6 is 11.6 Å². The fourth-order valence-corrected chi connectivity index (χ4v) is 10.5. The third kappa shape index (κ3) is 18.6. The molecule has 0 aliphatic heterocycles. The molecule has 0 unspecified atom stereocenters. The van der Waals surface area contributed by atoms with Gasteiger partial charge >= 0.3 is 384 Å². The zero-order chi connectivity index (χ0) is 44.8. The molecule has 10 nitrogen and oxygen atoms in total. The molecular formula is C42H41ClFO10Se5. The van der Waals surface area contributed by atoms with Crippen molar-refractivity contribution in [3.05, 3.63) is 147 Å². The van der Waals surface area contributed by atoms with Gasteiger partial charge in [-0.05, 0) is 0 Å². The fraction of sp³-hybridized carbons (Fsp3) is 0.167. The summed E-state index contributed by atoms with van der Waals surface area (Å²) in [6.45, 7) is 3.89. The third-order valence-electron chi connectivity index (χ3n) is 7.38. The second-order valence-electron chi connectivity index (χ2n) is 11.3. The van der Waals surface area contributed by atoms with Crippen molar-refractivity contribution in [1.82, 2.24) is 0 Å². The Hall–Kier alpha value is -3.73. The van der Waals surface area contributed by atoms with Gasteiger partial charge in [-0.2, -0.15) is 0 Å². The van der Waals surface area contributed by atoms with Crippen molar-refractivity contribution < 1.29 is 53.5 Å². The monoisotopic (exact) mass is 1160 g/mol. The van der Waals surface area contributed by atoms with Gasteiger partial charge in [-0.25, -0.2) is 0 Å². The number of rotatable bonds is 10. The van der Waals surface area contributed by atoms with E-state index in [1.165, 1.54) is 18.2 Å². The molecule has 4 N–H and O–H groups in total. The van der Waals surface area contributed by atoms with Crippen LogP contribution < -0.4 is 22.6 Å². The summed E-state index contributed by atoms with van der Waals surface area (Å²) in [7, 11) is 1.57. The standard InChI is InChI=1S/C9H10O3Se.C9H10O2Se.C8H7ClO2Se.C8H7FO2Se.C8H7OSe/c1-12-6-3-4-7(9(10)11)8(5-6)13-2;1-6-3-4-7(9(10)11)8(5-6)12-2;2*1-12-7-4-5(9)2-3-6(7)8(10)11;1-6-4-2-3-5-7(6)8(9)10/h3-5H,1-2H3,(H,10,11);3-5H,1-2H3,(H,10,11);2*2-4H,1H3,(H,10,11);2-5H,1H3. The number of halogens is 2. The maximum absolute atomic E-state index is 12.6. The van der Waals surface area contributed by atoms with Crippen molar-refractivity contribution >= 4 is 134 Å². The number of aromatic carboxylic acids is 4. The van der Waals surface area contributed by atoms with Crippen molar-refractivity contribution in [1.29, 1.82) is 0 Å². The maximum atomic E-state index is 12.6. The Kier molecular flexibility index (Phi) is 25.2. The number of carbonyl (C=O) groups is 5. The van der Waals surface area contributed by atoms with E-state index in [9.17, 15) is 28.4 Å². The molecule has 0 aliphatic rings. The normalized spacial score (nSPS) is 9.71. The average Bonchev–Trinajstić information content (AvgIpc) is 3.20. The van der Waals surface area contributed by atoms with Crippen LogP contribution in [0.4, 0.5) is 4.39 Å². The summed E-state index contributed by atoms with van der Waals surface area (Å²) < 4.78 is 20.9. The minimum absolute atomic E-state index is 0.00975. The number of hydrogen-bond donors (Lipinski definition) is 4. The zero-order valence-electron chi connectivity index (χ0n) is 32.8. The Morgan fingerprint density at radius 1 is 0.559 bits per heavy atom.